The summed E-state index contributed by atoms with van der Waals surface area (Å²) in [4.78, 5) is 0. The van der Waals surface area contributed by atoms with Crippen LogP contribution in [0.15, 0.2) is 13.2 Å². The van der Waals surface area contributed by atoms with E-state index in [4.69, 9.17) is 6.65 Å². The molecule has 0 amide bonds. The van der Waals surface area contributed by atoms with Crippen molar-refractivity contribution >= 4 is 0 Å². The molecule has 11 heavy (non-hydrogen) atoms. The molecule has 0 bridgehead atoms. The van der Waals surface area contributed by atoms with Crippen LogP contribution in [-0.2, 0) is 25.7 Å². The van der Waals surface area contributed by atoms with Crippen molar-refractivity contribution in [2.24, 2.45) is 0 Å². The molecule has 0 saturated heterocycles. The van der Waals surface area contributed by atoms with Gasteiger partial charge >= 0.3 is 25.7 Å². The van der Waals surface area contributed by atoms with Crippen LogP contribution in [0.3, 0.4) is 0 Å². The number of hydrogen-bond acceptors (Lipinski definition) is 2. The zero-order valence-corrected chi connectivity index (χ0v) is 8.53. The molecule has 1 rings (SSSR count). The van der Waals surface area contributed by atoms with Gasteiger partial charge in [-0.15, -0.1) is 13.2 Å². The molecule has 1 fully saturated rings. The van der Waals surface area contributed by atoms with E-state index in [0.29, 0.717) is 0 Å². The van der Waals surface area contributed by atoms with Crippen LogP contribution in [-0.4, -0.2) is 0 Å². The Hall–Kier alpha value is 0.0543. The van der Waals surface area contributed by atoms with E-state index in [1.807, 2.05) is 0 Å². The third-order valence-electron chi connectivity index (χ3n) is 1.50. The molecule has 1 saturated carbocycles. The van der Waals surface area contributed by atoms with Crippen molar-refractivity contribution in [1.82, 2.24) is 0 Å². The van der Waals surface area contributed by atoms with Crippen LogP contribution >= 0.6 is 0 Å². The quantitative estimate of drug-likeness (QED) is 0.436. The molecule has 0 heterocycles. The van der Waals surface area contributed by atoms with E-state index in [2.05, 4.69) is 13.2 Å². The second kappa shape index (κ2) is 16.6. The van der Waals surface area contributed by atoms with Crippen molar-refractivity contribution in [2.45, 2.75) is 38.5 Å². The van der Waals surface area contributed by atoms with E-state index in [0.717, 1.165) is 0 Å². The van der Waals surface area contributed by atoms with E-state index < -0.39 is 19.1 Å². The third-order valence-corrected chi connectivity index (χ3v) is 1.50. The Balaban J connectivity index is 0. The monoisotopic (exact) mass is 192 g/mol. The zero-order valence-electron chi connectivity index (χ0n) is 6.97. The normalized spacial score (nSPS) is 14.2. The number of hydrogen-bond donors (Lipinski definition) is 0. The second-order valence-electron chi connectivity index (χ2n) is 2.20. The Kier molecular flexibility index (Phi) is 20.5. The topological polar surface area (TPSA) is 34.1 Å². The zero-order chi connectivity index (χ0) is 8.95. The van der Waals surface area contributed by atoms with E-state index in [1.54, 1.807) is 0 Å². The Labute approximate surface area is 77.6 Å². The summed E-state index contributed by atoms with van der Waals surface area (Å²) < 4.78 is 17.0. The predicted molar refractivity (Wildman–Crippen MR) is 40.3 cm³/mol. The Morgan fingerprint density at radius 1 is 0.727 bits per heavy atom. The Morgan fingerprint density at radius 3 is 0.909 bits per heavy atom. The fraction of sp³-hybridized carbons (Fsp3) is 0.750. The molecule has 1 aliphatic rings. The van der Waals surface area contributed by atoms with Gasteiger partial charge in [-0.2, -0.15) is 0 Å². The van der Waals surface area contributed by atoms with Gasteiger partial charge in [0.15, 0.2) is 0 Å². The molecule has 0 spiro atoms. The molecule has 2 nitrogen and oxygen atoms in total. The molecule has 0 aromatic rings. The molecular weight excluding hydrogens is 176 g/mol. The average molecular weight is 192 g/mol. The van der Waals surface area contributed by atoms with Gasteiger partial charge in [-0.05, 0) is 0 Å². The minimum absolute atomic E-state index is 1.50. The predicted octanol–water partition coefficient (Wildman–Crippen LogP) is 2.90. The molecule has 0 aromatic carbocycles. The van der Waals surface area contributed by atoms with Gasteiger partial charge in [0.25, 0.3) is 0 Å². The van der Waals surface area contributed by atoms with Crippen molar-refractivity contribution in [1.29, 1.82) is 0 Å². The first-order chi connectivity index (χ1) is 5.41. The van der Waals surface area contributed by atoms with Crippen LogP contribution in [0.4, 0.5) is 0 Å². The summed E-state index contributed by atoms with van der Waals surface area (Å²) >= 11 is -2.00. The summed E-state index contributed by atoms with van der Waals surface area (Å²) in [6.45, 7) is 6.00. The van der Waals surface area contributed by atoms with Gasteiger partial charge in [-0.3, -0.25) is 0 Å². The van der Waals surface area contributed by atoms with E-state index in [9.17, 15) is 0 Å². The molecule has 64 valence electrons. The molecule has 0 aromatic heterocycles. The summed E-state index contributed by atoms with van der Waals surface area (Å²) in [5.41, 5.74) is 0. The van der Waals surface area contributed by atoms with Crippen LogP contribution in [0, 0.1) is 0 Å². The van der Waals surface area contributed by atoms with Crippen LogP contribution in [0.1, 0.15) is 38.5 Å². The molecule has 0 radical (unpaired) electrons. The summed E-state index contributed by atoms with van der Waals surface area (Å²) in [6.07, 6.45) is 9.00. The molecule has 0 unspecified atom stereocenters. The minimum atomic E-state index is -2.00. The van der Waals surface area contributed by atoms with Crippen molar-refractivity contribution in [2.75, 3.05) is 0 Å². The molecule has 3 heteroatoms. The fourth-order valence-electron chi connectivity index (χ4n) is 1.06. The van der Waals surface area contributed by atoms with Gasteiger partial charge in [0.05, 0.1) is 0 Å². The van der Waals surface area contributed by atoms with Crippen LogP contribution in [0.5, 0.6) is 0 Å². The molecule has 0 atom stereocenters. The summed E-state index contributed by atoms with van der Waals surface area (Å²) in [6, 6.07) is 0. The van der Waals surface area contributed by atoms with Crippen molar-refractivity contribution in [3.05, 3.63) is 13.2 Å². The van der Waals surface area contributed by atoms with Gasteiger partial charge in [0, 0.05) is 0 Å². The van der Waals surface area contributed by atoms with Crippen molar-refractivity contribution < 1.29 is 25.7 Å². The van der Waals surface area contributed by atoms with E-state index in [1.165, 1.54) is 38.5 Å². The van der Waals surface area contributed by atoms with E-state index >= 15 is 0 Å². The molecule has 1 aliphatic carbocycles. The third kappa shape index (κ3) is 17.8. The average Bonchev–Trinajstić information content (AvgIpc) is 2.12. The van der Waals surface area contributed by atoms with Gasteiger partial charge in [-0.1, -0.05) is 38.5 Å². The standard InChI is InChI=1S/C6H12.C2H4.2O.Ti/c1-2-4-6-5-3-1;1-2;;;/h1-6H2;1-2H2;;;. The van der Waals surface area contributed by atoms with Crippen LogP contribution in [0.2, 0.25) is 0 Å². The van der Waals surface area contributed by atoms with Crippen LogP contribution < -0.4 is 0 Å². The first-order valence-electron chi connectivity index (χ1n) is 3.91. The van der Waals surface area contributed by atoms with Gasteiger partial charge in [-0.25, -0.2) is 0 Å². The Bertz CT molecular complexity index is 82.8. The fourth-order valence-corrected chi connectivity index (χ4v) is 1.06. The van der Waals surface area contributed by atoms with Gasteiger partial charge in [0.1, 0.15) is 0 Å². The summed E-state index contributed by atoms with van der Waals surface area (Å²) in [5, 5.41) is 0. The van der Waals surface area contributed by atoms with Crippen molar-refractivity contribution in [3.63, 3.8) is 0 Å². The summed E-state index contributed by atoms with van der Waals surface area (Å²) in [5.74, 6) is 0. The second-order valence-corrected chi connectivity index (χ2v) is 2.46. The van der Waals surface area contributed by atoms with Gasteiger partial charge < -0.3 is 0 Å². The van der Waals surface area contributed by atoms with E-state index in [-0.39, 0.29) is 0 Å². The molecular formula is C8H16O2Ti. The maximum absolute atomic E-state index is 8.50. The first kappa shape index (κ1) is 13.6. The van der Waals surface area contributed by atoms with Gasteiger partial charge in [0.2, 0.25) is 0 Å². The Morgan fingerprint density at radius 2 is 0.818 bits per heavy atom. The van der Waals surface area contributed by atoms with Crippen LogP contribution in [0.25, 0.3) is 0 Å². The first-order valence-corrected chi connectivity index (χ1v) is 5.18. The SMILES string of the molecule is C1CCCCC1.C=C.[O]=[Ti]=[O]. The molecule has 0 aliphatic heterocycles. The summed E-state index contributed by atoms with van der Waals surface area (Å²) in [7, 11) is 0. The molecule has 0 N–H and O–H groups in total. The number of rotatable bonds is 0. The van der Waals surface area contributed by atoms with Crippen molar-refractivity contribution in [3.8, 4) is 0 Å². The maximum atomic E-state index is 8.50.